The van der Waals surface area contributed by atoms with Crippen LogP contribution in [0.15, 0.2) is 24.3 Å². The summed E-state index contributed by atoms with van der Waals surface area (Å²) in [5.74, 6) is 0. The fourth-order valence-corrected chi connectivity index (χ4v) is 1.48. The van der Waals surface area contributed by atoms with Crippen molar-refractivity contribution in [2.24, 2.45) is 0 Å². The molecule has 0 spiro atoms. The lowest BCUT2D eigenvalue weighted by Crippen LogP contribution is -2.18. The fraction of sp³-hybridized carbons (Fsp3) is 0.462. The molecule has 1 nitrogen and oxygen atoms in total. The third-order valence-electron chi connectivity index (χ3n) is 2.93. The van der Waals surface area contributed by atoms with Crippen molar-refractivity contribution in [1.29, 1.82) is 5.26 Å². The summed E-state index contributed by atoms with van der Waals surface area (Å²) in [4.78, 5) is 0. The predicted molar refractivity (Wildman–Crippen MR) is 59.1 cm³/mol. The molecule has 14 heavy (non-hydrogen) atoms. The van der Waals surface area contributed by atoms with Crippen LogP contribution in [0.3, 0.4) is 0 Å². The summed E-state index contributed by atoms with van der Waals surface area (Å²) in [6.07, 6.45) is 1.88. The first-order chi connectivity index (χ1) is 6.66. The second-order valence-corrected chi connectivity index (χ2v) is 3.85. The molecule has 0 bridgehead atoms. The summed E-state index contributed by atoms with van der Waals surface area (Å²) in [6.45, 7) is 6.19. The average molecular weight is 187 g/mol. The van der Waals surface area contributed by atoms with Crippen LogP contribution in [0.1, 0.15) is 38.3 Å². The van der Waals surface area contributed by atoms with E-state index < -0.39 is 0 Å². The van der Waals surface area contributed by atoms with Crippen LogP contribution in [0.2, 0.25) is 0 Å². The first-order valence-electron chi connectivity index (χ1n) is 5.17. The van der Waals surface area contributed by atoms with Crippen molar-refractivity contribution in [3.05, 3.63) is 35.4 Å². The van der Waals surface area contributed by atoms with Gasteiger partial charge in [0.1, 0.15) is 0 Å². The Morgan fingerprint density at radius 3 is 2.57 bits per heavy atom. The molecular formula is C13H17N. The number of nitriles is 1. The molecule has 0 saturated heterocycles. The molecule has 0 amide bonds. The van der Waals surface area contributed by atoms with Gasteiger partial charge in [-0.05, 0) is 30.9 Å². The second kappa shape index (κ2) is 4.28. The largest absolute Gasteiger partial charge is 0.197 e. The van der Waals surface area contributed by atoms with E-state index in [4.69, 9.17) is 5.26 Å². The number of benzene rings is 1. The quantitative estimate of drug-likeness (QED) is 0.711. The molecule has 0 aliphatic carbocycles. The van der Waals surface area contributed by atoms with Crippen LogP contribution < -0.4 is 0 Å². The van der Waals surface area contributed by atoms with Crippen molar-refractivity contribution in [2.45, 2.75) is 39.0 Å². The molecule has 1 unspecified atom stereocenters. The fourth-order valence-electron chi connectivity index (χ4n) is 1.48. The summed E-state index contributed by atoms with van der Waals surface area (Å²) in [6, 6.07) is 10.7. The third-order valence-corrected chi connectivity index (χ3v) is 2.93. The summed E-state index contributed by atoms with van der Waals surface area (Å²) < 4.78 is 0. The minimum atomic E-state index is -0.328. The molecule has 0 aromatic heterocycles. The maximum absolute atomic E-state index is 9.15. The highest BCUT2D eigenvalue weighted by Crippen LogP contribution is 2.27. The van der Waals surface area contributed by atoms with Crippen molar-refractivity contribution in [3.63, 3.8) is 0 Å². The van der Waals surface area contributed by atoms with E-state index in [1.54, 1.807) is 0 Å². The zero-order chi connectivity index (χ0) is 10.6. The second-order valence-electron chi connectivity index (χ2n) is 3.85. The first-order valence-corrected chi connectivity index (χ1v) is 5.17. The van der Waals surface area contributed by atoms with Crippen molar-refractivity contribution < 1.29 is 0 Å². The maximum atomic E-state index is 9.15. The maximum Gasteiger partial charge on any atom is 0.0791 e. The van der Waals surface area contributed by atoms with Crippen molar-refractivity contribution >= 4 is 0 Å². The number of rotatable bonds is 3. The van der Waals surface area contributed by atoms with Gasteiger partial charge in [0.2, 0.25) is 0 Å². The highest BCUT2D eigenvalue weighted by molar-refractivity contribution is 5.34. The van der Waals surface area contributed by atoms with Gasteiger partial charge < -0.3 is 0 Å². The molecule has 0 fully saturated rings. The van der Waals surface area contributed by atoms with E-state index in [0.717, 1.165) is 18.4 Å². The molecule has 0 saturated carbocycles. The Bertz CT molecular complexity index is 348. The molecule has 74 valence electrons. The van der Waals surface area contributed by atoms with E-state index in [2.05, 4.69) is 32.0 Å². The zero-order valence-electron chi connectivity index (χ0n) is 9.17. The van der Waals surface area contributed by atoms with Gasteiger partial charge >= 0.3 is 0 Å². The smallest absolute Gasteiger partial charge is 0.0791 e. The van der Waals surface area contributed by atoms with Gasteiger partial charge in [-0.3, -0.25) is 0 Å². The predicted octanol–water partition coefficient (Wildman–Crippen LogP) is 3.44. The Morgan fingerprint density at radius 1 is 1.36 bits per heavy atom. The van der Waals surface area contributed by atoms with Gasteiger partial charge in [-0.15, -0.1) is 0 Å². The summed E-state index contributed by atoms with van der Waals surface area (Å²) in [7, 11) is 0. The molecule has 0 N–H and O–H groups in total. The normalized spacial score (nSPS) is 14.4. The van der Waals surface area contributed by atoms with Crippen molar-refractivity contribution in [1.82, 2.24) is 0 Å². The molecule has 1 rings (SSSR count). The number of hydrogen-bond acceptors (Lipinski definition) is 1. The van der Waals surface area contributed by atoms with Crippen LogP contribution in [0, 0.1) is 11.3 Å². The van der Waals surface area contributed by atoms with E-state index in [-0.39, 0.29) is 5.41 Å². The zero-order valence-corrected chi connectivity index (χ0v) is 9.17. The molecule has 0 radical (unpaired) electrons. The van der Waals surface area contributed by atoms with Crippen LogP contribution in [0.25, 0.3) is 0 Å². The standard InChI is InChI=1S/C13H17N/c1-4-11-7-6-8-12(9-11)13(3,5-2)10-14/h6-9H,4-5H2,1-3H3. The molecule has 1 heteroatoms. The van der Waals surface area contributed by atoms with E-state index in [9.17, 15) is 0 Å². The van der Waals surface area contributed by atoms with Gasteiger partial charge in [0.05, 0.1) is 11.5 Å². The topological polar surface area (TPSA) is 23.8 Å². The van der Waals surface area contributed by atoms with Crippen molar-refractivity contribution in [2.75, 3.05) is 0 Å². The summed E-state index contributed by atoms with van der Waals surface area (Å²) >= 11 is 0. The molecule has 1 atom stereocenters. The van der Waals surface area contributed by atoms with Crippen LogP contribution in [0.5, 0.6) is 0 Å². The van der Waals surface area contributed by atoms with Crippen LogP contribution >= 0.6 is 0 Å². The molecule has 0 aliphatic rings. The van der Waals surface area contributed by atoms with Crippen molar-refractivity contribution in [3.8, 4) is 6.07 Å². The van der Waals surface area contributed by atoms with Gasteiger partial charge in [0.15, 0.2) is 0 Å². The highest BCUT2D eigenvalue weighted by Gasteiger charge is 2.23. The van der Waals surface area contributed by atoms with Gasteiger partial charge in [-0.2, -0.15) is 5.26 Å². The van der Waals surface area contributed by atoms with Gasteiger partial charge in [0, 0.05) is 0 Å². The number of hydrogen-bond donors (Lipinski definition) is 0. The molecule has 0 aliphatic heterocycles. The molecule has 1 aromatic carbocycles. The Kier molecular flexibility index (Phi) is 3.30. The Balaban J connectivity index is 3.12. The Hall–Kier alpha value is -1.29. The monoisotopic (exact) mass is 187 g/mol. The third kappa shape index (κ3) is 1.96. The van der Waals surface area contributed by atoms with E-state index >= 15 is 0 Å². The minimum absolute atomic E-state index is 0.328. The van der Waals surface area contributed by atoms with Crippen LogP contribution in [0.4, 0.5) is 0 Å². The lowest BCUT2D eigenvalue weighted by atomic mass is 9.81. The minimum Gasteiger partial charge on any atom is -0.197 e. The van der Waals surface area contributed by atoms with Crippen LogP contribution in [-0.4, -0.2) is 0 Å². The first kappa shape index (κ1) is 10.8. The van der Waals surface area contributed by atoms with Gasteiger partial charge in [0.25, 0.3) is 0 Å². The van der Waals surface area contributed by atoms with E-state index in [0.29, 0.717) is 0 Å². The average Bonchev–Trinajstić information content (AvgIpc) is 2.28. The lowest BCUT2D eigenvalue weighted by molar-refractivity contribution is 0.586. The lowest BCUT2D eigenvalue weighted by Gasteiger charge is -2.20. The van der Waals surface area contributed by atoms with E-state index in [1.165, 1.54) is 5.56 Å². The number of aryl methyl sites for hydroxylation is 1. The van der Waals surface area contributed by atoms with Gasteiger partial charge in [-0.25, -0.2) is 0 Å². The molecular weight excluding hydrogens is 170 g/mol. The SMILES string of the molecule is CCc1cccc(C(C)(C#N)CC)c1. The Labute approximate surface area is 86.4 Å². The van der Waals surface area contributed by atoms with Crippen LogP contribution in [-0.2, 0) is 11.8 Å². The molecule has 0 heterocycles. The number of nitrogens with zero attached hydrogens (tertiary/aromatic N) is 1. The summed E-state index contributed by atoms with van der Waals surface area (Å²) in [5.41, 5.74) is 2.12. The summed E-state index contributed by atoms with van der Waals surface area (Å²) in [5, 5.41) is 9.15. The van der Waals surface area contributed by atoms with E-state index in [1.807, 2.05) is 19.1 Å². The molecule has 1 aromatic rings. The highest BCUT2D eigenvalue weighted by atomic mass is 14.3. The van der Waals surface area contributed by atoms with Gasteiger partial charge in [-0.1, -0.05) is 38.1 Å². The Morgan fingerprint density at radius 2 is 2.07 bits per heavy atom.